The zero-order valence-corrected chi connectivity index (χ0v) is 9.57. The summed E-state index contributed by atoms with van der Waals surface area (Å²) >= 11 is 0. The van der Waals surface area contributed by atoms with Gasteiger partial charge in [-0.3, -0.25) is 0 Å². The summed E-state index contributed by atoms with van der Waals surface area (Å²) in [5.74, 6) is 0. The molecule has 3 N–H and O–H groups in total. The van der Waals surface area contributed by atoms with E-state index in [0.717, 1.165) is 4.48 Å². The van der Waals surface area contributed by atoms with Gasteiger partial charge in [0.05, 0.1) is 28.2 Å². The van der Waals surface area contributed by atoms with E-state index >= 15 is 0 Å². The first-order valence-corrected chi connectivity index (χ1v) is 4.46. The molecule has 0 amide bonds. The van der Waals surface area contributed by atoms with Gasteiger partial charge in [-0.2, -0.15) is 0 Å². The van der Waals surface area contributed by atoms with Crippen molar-refractivity contribution < 1.29 is 9.96 Å². The van der Waals surface area contributed by atoms with Gasteiger partial charge in [0.15, 0.2) is 0 Å². The minimum absolute atomic E-state index is 0. The predicted molar refractivity (Wildman–Crippen MR) is 60.2 cm³/mol. The average molecular weight is 198 g/mol. The highest BCUT2D eigenvalue weighted by Crippen LogP contribution is 1.94. The molecule has 14 heavy (non-hydrogen) atoms. The molecule has 0 aliphatic carbocycles. The standard InChI is InChI=1S/C7H9N.C4H12N.H2O/c8-6-7-4-2-1-3-5-7;1-5(2,3)4;/h1-5H,6,8H2;1-4H3;1H2/q;+1;/p-1. The van der Waals surface area contributed by atoms with Gasteiger partial charge in [0.2, 0.25) is 0 Å². The van der Waals surface area contributed by atoms with Crippen LogP contribution in [0.4, 0.5) is 0 Å². The third-order valence-electron chi connectivity index (χ3n) is 1.08. The first-order valence-electron chi connectivity index (χ1n) is 4.46. The molecule has 3 nitrogen and oxygen atoms in total. The second-order valence-electron chi connectivity index (χ2n) is 4.37. The maximum atomic E-state index is 5.35. The molecule has 0 aliphatic rings. The molecular formula is C11H22N2O. The Morgan fingerprint density at radius 2 is 1.36 bits per heavy atom. The minimum Gasteiger partial charge on any atom is -0.870 e. The molecule has 0 spiro atoms. The van der Waals surface area contributed by atoms with Gasteiger partial charge in [-0.15, -0.1) is 0 Å². The Morgan fingerprint density at radius 3 is 1.57 bits per heavy atom. The van der Waals surface area contributed by atoms with Crippen molar-refractivity contribution >= 4 is 0 Å². The molecule has 0 aromatic heterocycles. The van der Waals surface area contributed by atoms with E-state index in [2.05, 4.69) is 28.2 Å². The summed E-state index contributed by atoms with van der Waals surface area (Å²) in [6, 6.07) is 9.99. The highest BCUT2D eigenvalue weighted by atomic mass is 16.0. The maximum Gasteiger partial charge on any atom is 0.0675 e. The molecule has 3 heteroatoms. The Morgan fingerprint density at radius 1 is 1.00 bits per heavy atom. The zero-order valence-electron chi connectivity index (χ0n) is 9.57. The van der Waals surface area contributed by atoms with Crippen LogP contribution in [0.25, 0.3) is 0 Å². The van der Waals surface area contributed by atoms with Gasteiger partial charge in [0.25, 0.3) is 0 Å². The van der Waals surface area contributed by atoms with Crippen molar-refractivity contribution in [3.05, 3.63) is 35.9 Å². The highest BCUT2D eigenvalue weighted by molar-refractivity contribution is 5.13. The molecule has 1 aromatic carbocycles. The van der Waals surface area contributed by atoms with E-state index in [1.165, 1.54) is 5.56 Å². The van der Waals surface area contributed by atoms with Crippen molar-refractivity contribution in [1.29, 1.82) is 0 Å². The Bertz CT molecular complexity index is 210. The molecule has 0 saturated carbocycles. The van der Waals surface area contributed by atoms with Crippen molar-refractivity contribution in [3.8, 4) is 0 Å². The Kier molecular flexibility index (Phi) is 8.34. The molecule has 0 unspecified atom stereocenters. The number of benzene rings is 1. The van der Waals surface area contributed by atoms with Gasteiger partial charge in [0.1, 0.15) is 0 Å². The molecule has 0 heterocycles. The molecular weight excluding hydrogens is 176 g/mol. The number of nitrogens with two attached hydrogens (primary N) is 1. The normalized spacial score (nSPS) is 9.50. The van der Waals surface area contributed by atoms with Gasteiger partial charge < -0.3 is 15.7 Å². The van der Waals surface area contributed by atoms with E-state index < -0.39 is 0 Å². The predicted octanol–water partition coefficient (Wildman–Crippen LogP) is 1.29. The van der Waals surface area contributed by atoms with E-state index in [0.29, 0.717) is 6.54 Å². The largest absolute Gasteiger partial charge is 0.870 e. The molecule has 1 rings (SSSR count). The maximum absolute atomic E-state index is 5.35. The zero-order chi connectivity index (χ0) is 10.3. The van der Waals surface area contributed by atoms with E-state index in [-0.39, 0.29) is 5.48 Å². The van der Waals surface area contributed by atoms with Crippen LogP contribution in [0.1, 0.15) is 5.56 Å². The van der Waals surface area contributed by atoms with E-state index in [1.807, 2.05) is 30.3 Å². The van der Waals surface area contributed by atoms with Crippen LogP contribution in [0, 0.1) is 0 Å². The average Bonchev–Trinajstić information content (AvgIpc) is 2.03. The van der Waals surface area contributed by atoms with Crippen molar-refractivity contribution in [2.75, 3.05) is 28.2 Å². The number of quaternary nitrogens is 1. The molecule has 82 valence electrons. The number of nitrogens with zero attached hydrogens (tertiary/aromatic N) is 1. The van der Waals surface area contributed by atoms with Gasteiger partial charge in [0, 0.05) is 6.54 Å². The van der Waals surface area contributed by atoms with E-state index in [4.69, 9.17) is 5.73 Å². The van der Waals surface area contributed by atoms with Crippen LogP contribution in [-0.4, -0.2) is 38.1 Å². The third-order valence-corrected chi connectivity index (χ3v) is 1.08. The smallest absolute Gasteiger partial charge is 0.0675 e. The molecule has 1 aromatic rings. The van der Waals surface area contributed by atoms with Gasteiger partial charge in [-0.1, -0.05) is 30.3 Å². The summed E-state index contributed by atoms with van der Waals surface area (Å²) < 4.78 is 1.00. The summed E-state index contributed by atoms with van der Waals surface area (Å²) in [5.41, 5.74) is 6.54. The second kappa shape index (κ2) is 7.50. The fourth-order valence-corrected chi connectivity index (χ4v) is 0.614. The lowest BCUT2D eigenvalue weighted by molar-refractivity contribution is -0.849. The molecule has 0 radical (unpaired) electrons. The summed E-state index contributed by atoms with van der Waals surface area (Å²) in [5, 5.41) is 0. The molecule has 0 fully saturated rings. The molecule has 0 aliphatic heterocycles. The third kappa shape index (κ3) is 13.7. The number of hydrogen-bond donors (Lipinski definition) is 1. The quantitative estimate of drug-likeness (QED) is 0.691. The van der Waals surface area contributed by atoms with E-state index in [9.17, 15) is 0 Å². The summed E-state index contributed by atoms with van der Waals surface area (Å²) in [6.45, 7) is 0.640. The van der Waals surface area contributed by atoms with Gasteiger partial charge in [-0.25, -0.2) is 0 Å². The Balaban J connectivity index is 0. The Labute approximate surface area is 87.1 Å². The van der Waals surface area contributed by atoms with Crippen LogP contribution in [0.2, 0.25) is 0 Å². The van der Waals surface area contributed by atoms with Crippen LogP contribution >= 0.6 is 0 Å². The first kappa shape index (κ1) is 15.6. The minimum atomic E-state index is 0. The lowest BCUT2D eigenvalue weighted by Gasteiger charge is -2.14. The van der Waals surface area contributed by atoms with Crippen LogP contribution in [0.15, 0.2) is 30.3 Å². The van der Waals surface area contributed by atoms with Gasteiger partial charge in [-0.05, 0) is 5.56 Å². The fraction of sp³-hybridized carbons (Fsp3) is 0.455. The van der Waals surface area contributed by atoms with Crippen molar-refractivity contribution in [2.45, 2.75) is 6.54 Å². The lowest BCUT2D eigenvalue weighted by atomic mass is 10.2. The van der Waals surface area contributed by atoms with Crippen molar-refractivity contribution in [3.63, 3.8) is 0 Å². The number of rotatable bonds is 1. The molecule has 0 atom stereocenters. The summed E-state index contributed by atoms with van der Waals surface area (Å²) in [6.07, 6.45) is 0. The fourth-order valence-electron chi connectivity index (χ4n) is 0.614. The summed E-state index contributed by atoms with van der Waals surface area (Å²) in [4.78, 5) is 0. The summed E-state index contributed by atoms with van der Waals surface area (Å²) in [7, 11) is 8.50. The monoisotopic (exact) mass is 198 g/mol. The van der Waals surface area contributed by atoms with Gasteiger partial charge >= 0.3 is 0 Å². The number of hydrogen-bond acceptors (Lipinski definition) is 2. The molecule has 0 saturated heterocycles. The lowest BCUT2D eigenvalue weighted by Crippen LogP contribution is -2.27. The SMILES string of the molecule is C[N+](C)(C)C.NCc1ccccc1.[OH-]. The molecule has 0 bridgehead atoms. The van der Waals surface area contributed by atoms with E-state index in [1.54, 1.807) is 0 Å². The van der Waals surface area contributed by atoms with Crippen LogP contribution in [0.5, 0.6) is 0 Å². The van der Waals surface area contributed by atoms with Crippen LogP contribution in [-0.2, 0) is 6.54 Å². The van der Waals surface area contributed by atoms with Crippen molar-refractivity contribution in [2.24, 2.45) is 5.73 Å². The van der Waals surface area contributed by atoms with Crippen LogP contribution in [0.3, 0.4) is 0 Å². The first-order chi connectivity index (χ1) is 5.93. The highest BCUT2D eigenvalue weighted by Gasteiger charge is 1.88. The second-order valence-corrected chi connectivity index (χ2v) is 4.37. The Hall–Kier alpha value is -0.900. The topological polar surface area (TPSA) is 56.0 Å². The van der Waals surface area contributed by atoms with Crippen molar-refractivity contribution in [1.82, 2.24) is 0 Å². The van der Waals surface area contributed by atoms with Crippen LogP contribution < -0.4 is 5.73 Å².